The number of ether oxygens (including phenoxy) is 1. The van der Waals surface area contributed by atoms with Gasteiger partial charge in [0.05, 0.1) is 0 Å². The van der Waals surface area contributed by atoms with Crippen molar-refractivity contribution in [2.45, 2.75) is 33.1 Å². The molecule has 1 N–H and O–H groups in total. The van der Waals surface area contributed by atoms with Crippen molar-refractivity contribution >= 4 is 11.6 Å². The maximum absolute atomic E-state index is 12.0. The van der Waals surface area contributed by atoms with Gasteiger partial charge in [0.2, 0.25) is 0 Å². The minimum Gasteiger partial charge on any atom is -0.484 e. The summed E-state index contributed by atoms with van der Waals surface area (Å²) in [7, 11) is 0. The van der Waals surface area contributed by atoms with Crippen LogP contribution in [0, 0.1) is 6.92 Å². The monoisotopic (exact) mass is 297 g/mol. The summed E-state index contributed by atoms with van der Waals surface area (Å²) in [6.07, 6.45) is 0. The Kier molecular flexibility index (Phi) is 4.86. The first-order valence-corrected chi connectivity index (χ1v) is 7.45. The van der Waals surface area contributed by atoms with Crippen LogP contribution in [0.3, 0.4) is 0 Å². The van der Waals surface area contributed by atoms with Crippen LogP contribution >= 0.6 is 0 Å². The summed E-state index contributed by atoms with van der Waals surface area (Å²) in [5.41, 5.74) is 3.09. The minimum atomic E-state index is -0.157. The number of carbonyl (C=O) groups excluding carboxylic acids is 1. The number of anilines is 1. The van der Waals surface area contributed by atoms with Crippen LogP contribution in [0.2, 0.25) is 0 Å². The third-order valence-corrected chi connectivity index (χ3v) is 3.49. The minimum absolute atomic E-state index is 0.00192. The fourth-order valence-corrected chi connectivity index (χ4v) is 2.10. The van der Waals surface area contributed by atoms with E-state index >= 15 is 0 Å². The lowest BCUT2D eigenvalue weighted by molar-refractivity contribution is -0.118. The van der Waals surface area contributed by atoms with Crippen LogP contribution in [0.15, 0.2) is 48.5 Å². The lowest BCUT2D eigenvalue weighted by Crippen LogP contribution is -2.20. The lowest BCUT2D eigenvalue weighted by Gasteiger charge is -2.19. The molecular weight excluding hydrogens is 274 g/mol. The molecule has 3 nitrogen and oxygen atoms in total. The van der Waals surface area contributed by atoms with Crippen LogP contribution in [0.4, 0.5) is 5.69 Å². The number of amides is 1. The van der Waals surface area contributed by atoms with Crippen LogP contribution < -0.4 is 10.1 Å². The molecule has 22 heavy (non-hydrogen) atoms. The van der Waals surface area contributed by atoms with Gasteiger partial charge in [0.1, 0.15) is 5.75 Å². The Morgan fingerprint density at radius 1 is 1.09 bits per heavy atom. The molecule has 0 bridgehead atoms. The standard InChI is InChI=1S/C19H23NO2/c1-14-8-5-6-11-17(14)20-18(21)13-22-16-10-7-9-15(12-16)19(2,3)4/h5-12H,13H2,1-4H3,(H,20,21). The van der Waals surface area contributed by atoms with Crippen LogP contribution in [0.5, 0.6) is 5.75 Å². The molecule has 2 rings (SSSR count). The SMILES string of the molecule is Cc1ccccc1NC(=O)COc1cccc(C(C)(C)C)c1. The predicted octanol–water partition coefficient (Wildman–Crippen LogP) is 4.31. The van der Waals surface area contributed by atoms with Gasteiger partial charge in [0, 0.05) is 5.69 Å². The van der Waals surface area contributed by atoms with E-state index in [1.807, 2.05) is 49.4 Å². The fourth-order valence-electron chi connectivity index (χ4n) is 2.10. The second-order valence-electron chi connectivity index (χ2n) is 6.43. The van der Waals surface area contributed by atoms with Crippen molar-refractivity contribution in [1.82, 2.24) is 0 Å². The van der Waals surface area contributed by atoms with Gasteiger partial charge in [0.25, 0.3) is 5.91 Å². The van der Waals surface area contributed by atoms with Crippen LogP contribution in [-0.2, 0) is 10.2 Å². The number of hydrogen-bond donors (Lipinski definition) is 1. The van der Waals surface area contributed by atoms with Gasteiger partial charge in [-0.3, -0.25) is 4.79 Å². The molecule has 0 atom stereocenters. The van der Waals surface area contributed by atoms with Crippen molar-refractivity contribution < 1.29 is 9.53 Å². The van der Waals surface area contributed by atoms with Crippen molar-refractivity contribution in [2.75, 3.05) is 11.9 Å². The van der Waals surface area contributed by atoms with Gasteiger partial charge in [0.15, 0.2) is 6.61 Å². The van der Waals surface area contributed by atoms with E-state index in [0.29, 0.717) is 5.75 Å². The second kappa shape index (κ2) is 6.65. The fraction of sp³-hybridized carbons (Fsp3) is 0.316. The molecule has 0 unspecified atom stereocenters. The molecule has 3 heteroatoms. The third kappa shape index (κ3) is 4.35. The Bertz CT molecular complexity index is 656. The molecule has 0 fully saturated rings. The van der Waals surface area contributed by atoms with Gasteiger partial charge in [-0.25, -0.2) is 0 Å². The van der Waals surface area contributed by atoms with Crippen LogP contribution in [-0.4, -0.2) is 12.5 Å². The first-order chi connectivity index (χ1) is 10.4. The Morgan fingerprint density at radius 2 is 1.82 bits per heavy atom. The Labute approximate surface area is 132 Å². The van der Waals surface area contributed by atoms with Gasteiger partial charge in [-0.15, -0.1) is 0 Å². The number of benzene rings is 2. The highest BCUT2D eigenvalue weighted by Gasteiger charge is 2.14. The number of carbonyl (C=O) groups is 1. The van der Waals surface area contributed by atoms with Crippen LogP contribution in [0.25, 0.3) is 0 Å². The highest BCUT2D eigenvalue weighted by atomic mass is 16.5. The molecular formula is C19H23NO2. The van der Waals surface area contributed by atoms with Crippen molar-refractivity contribution in [1.29, 1.82) is 0 Å². The van der Waals surface area contributed by atoms with Crippen molar-refractivity contribution in [3.05, 3.63) is 59.7 Å². The van der Waals surface area contributed by atoms with E-state index in [-0.39, 0.29) is 17.9 Å². The van der Waals surface area contributed by atoms with E-state index in [1.54, 1.807) is 0 Å². The van der Waals surface area contributed by atoms with E-state index in [1.165, 1.54) is 5.56 Å². The first kappa shape index (κ1) is 16.1. The Balaban J connectivity index is 1.96. The Hall–Kier alpha value is -2.29. The first-order valence-electron chi connectivity index (χ1n) is 7.45. The van der Waals surface area contributed by atoms with E-state index < -0.39 is 0 Å². The summed E-state index contributed by atoms with van der Waals surface area (Å²) in [5, 5.41) is 2.86. The van der Waals surface area contributed by atoms with Gasteiger partial charge in [-0.05, 0) is 41.7 Å². The van der Waals surface area contributed by atoms with Crippen molar-refractivity contribution in [2.24, 2.45) is 0 Å². The van der Waals surface area contributed by atoms with Gasteiger partial charge >= 0.3 is 0 Å². The van der Waals surface area contributed by atoms with Crippen molar-refractivity contribution in [3.63, 3.8) is 0 Å². The average Bonchev–Trinajstić information content (AvgIpc) is 2.47. The summed E-state index contributed by atoms with van der Waals surface area (Å²) in [6.45, 7) is 8.41. The maximum atomic E-state index is 12.0. The topological polar surface area (TPSA) is 38.3 Å². The molecule has 2 aromatic carbocycles. The molecule has 0 aliphatic carbocycles. The van der Waals surface area contributed by atoms with Crippen LogP contribution in [0.1, 0.15) is 31.9 Å². The molecule has 2 aromatic rings. The van der Waals surface area contributed by atoms with Gasteiger partial charge < -0.3 is 10.1 Å². The van der Waals surface area contributed by atoms with E-state index in [2.05, 4.69) is 32.2 Å². The Morgan fingerprint density at radius 3 is 2.50 bits per heavy atom. The van der Waals surface area contributed by atoms with Gasteiger partial charge in [-0.2, -0.15) is 0 Å². The molecule has 0 aliphatic heterocycles. The normalized spacial score (nSPS) is 11.1. The maximum Gasteiger partial charge on any atom is 0.262 e. The molecule has 0 heterocycles. The van der Waals surface area contributed by atoms with E-state index in [9.17, 15) is 4.79 Å². The highest BCUT2D eigenvalue weighted by Crippen LogP contribution is 2.25. The molecule has 0 spiro atoms. The summed E-state index contributed by atoms with van der Waals surface area (Å²) in [5.74, 6) is 0.558. The van der Waals surface area contributed by atoms with E-state index in [0.717, 1.165) is 11.3 Å². The number of nitrogens with one attached hydrogen (secondary N) is 1. The molecule has 0 radical (unpaired) electrons. The number of rotatable bonds is 4. The quantitative estimate of drug-likeness (QED) is 0.913. The zero-order valence-electron chi connectivity index (χ0n) is 13.6. The number of hydrogen-bond acceptors (Lipinski definition) is 2. The highest BCUT2D eigenvalue weighted by molar-refractivity contribution is 5.92. The molecule has 0 saturated heterocycles. The van der Waals surface area contributed by atoms with Crippen molar-refractivity contribution in [3.8, 4) is 5.75 Å². The summed E-state index contributed by atoms with van der Waals surface area (Å²) in [6, 6.07) is 15.6. The van der Waals surface area contributed by atoms with E-state index in [4.69, 9.17) is 4.74 Å². The summed E-state index contributed by atoms with van der Waals surface area (Å²) < 4.78 is 5.60. The smallest absolute Gasteiger partial charge is 0.262 e. The molecule has 1 amide bonds. The summed E-state index contributed by atoms with van der Waals surface area (Å²) in [4.78, 5) is 12.0. The summed E-state index contributed by atoms with van der Waals surface area (Å²) >= 11 is 0. The third-order valence-electron chi connectivity index (χ3n) is 3.49. The second-order valence-corrected chi connectivity index (χ2v) is 6.43. The number of para-hydroxylation sites is 1. The predicted molar refractivity (Wildman–Crippen MR) is 90.4 cm³/mol. The largest absolute Gasteiger partial charge is 0.484 e. The molecule has 0 aromatic heterocycles. The molecule has 116 valence electrons. The van der Waals surface area contributed by atoms with Gasteiger partial charge in [-0.1, -0.05) is 51.1 Å². The number of aryl methyl sites for hydroxylation is 1. The average molecular weight is 297 g/mol. The zero-order valence-corrected chi connectivity index (χ0v) is 13.6. The zero-order chi connectivity index (χ0) is 16.2. The molecule has 0 saturated carbocycles. The lowest BCUT2D eigenvalue weighted by atomic mass is 9.87. The molecule has 0 aliphatic rings.